The van der Waals surface area contributed by atoms with Crippen molar-refractivity contribution < 1.29 is 14.3 Å². The van der Waals surface area contributed by atoms with Crippen LogP contribution < -0.4 is 9.47 Å². The Kier molecular flexibility index (Phi) is 3.93. The molecule has 88 valence electrons. The zero-order valence-corrected chi connectivity index (χ0v) is 10.5. The van der Waals surface area contributed by atoms with Crippen LogP contribution >= 0.6 is 0 Å². The molecule has 0 aliphatic carbocycles. The minimum atomic E-state index is -0.0162. The third-order valence-corrected chi connectivity index (χ3v) is 2.47. The number of aryl methyl sites for hydroxylation is 1. The van der Waals surface area contributed by atoms with Crippen LogP contribution in [0.15, 0.2) is 12.1 Å². The summed E-state index contributed by atoms with van der Waals surface area (Å²) in [5.74, 6) is 1.39. The molecule has 0 aromatic heterocycles. The van der Waals surface area contributed by atoms with E-state index in [1.165, 1.54) is 0 Å². The lowest BCUT2D eigenvalue weighted by molar-refractivity contribution is 0.0939. The summed E-state index contributed by atoms with van der Waals surface area (Å²) in [7, 11) is 3.16. The topological polar surface area (TPSA) is 35.5 Å². The monoisotopic (exact) mass is 222 g/mol. The van der Waals surface area contributed by atoms with Gasteiger partial charge in [0.05, 0.1) is 14.2 Å². The van der Waals surface area contributed by atoms with Crippen molar-refractivity contribution in [3.63, 3.8) is 0 Å². The summed E-state index contributed by atoms with van der Waals surface area (Å²) < 4.78 is 10.4. The lowest BCUT2D eigenvalue weighted by Crippen LogP contribution is -2.08. The molecule has 0 bridgehead atoms. The summed E-state index contributed by atoms with van der Waals surface area (Å²) >= 11 is 0. The molecule has 0 saturated carbocycles. The van der Waals surface area contributed by atoms with E-state index < -0.39 is 0 Å². The van der Waals surface area contributed by atoms with Crippen LogP contribution in [0.25, 0.3) is 0 Å². The van der Waals surface area contributed by atoms with E-state index in [4.69, 9.17) is 9.47 Å². The van der Waals surface area contributed by atoms with E-state index in [0.717, 1.165) is 5.56 Å². The fourth-order valence-corrected chi connectivity index (χ4v) is 1.63. The second-order valence-corrected chi connectivity index (χ2v) is 4.05. The Labute approximate surface area is 96.4 Å². The summed E-state index contributed by atoms with van der Waals surface area (Å²) in [5, 5.41) is 0. The van der Waals surface area contributed by atoms with Gasteiger partial charge in [-0.3, -0.25) is 4.79 Å². The Morgan fingerprint density at radius 1 is 1.19 bits per heavy atom. The maximum absolute atomic E-state index is 11.9. The first-order valence-electron chi connectivity index (χ1n) is 5.28. The van der Waals surface area contributed by atoms with Crippen molar-refractivity contribution in [1.29, 1.82) is 0 Å². The highest BCUT2D eigenvalue weighted by Gasteiger charge is 2.15. The summed E-state index contributed by atoms with van der Waals surface area (Å²) in [5.41, 5.74) is 1.58. The molecule has 0 amide bonds. The molecule has 0 atom stereocenters. The van der Waals surface area contributed by atoms with Gasteiger partial charge in [0, 0.05) is 11.5 Å². The van der Waals surface area contributed by atoms with Crippen molar-refractivity contribution in [2.24, 2.45) is 5.92 Å². The third-order valence-electron chi connectivity index (χ3n) is 2.47. The molecule has 0 unspecified atom stereocenters. The first kappa shape index (κ1) is 12.6. The smallest absolute Gasteiger partial charge is 0.165 e. The van der Waals surface area contributed by atoms with Gasteiger partial charge in [-0.25, -0.2) is 0 Å². The van der Waals surface area contributed by atoms with E-state index >= 15 is 0 Å². The molecule has 0 aliphatic rings. The molecule has 1 rings (SSSR count). The Hall–Kier alpha value is -1.51. The summed E-state index contributed by atoms with van der Waals surface area (Å²) in [6, 6.07) is 3.57. The van der Waals surface area contributed by atoms with Gasteiger partial charge >= 0.3 is 0 Å². The summed E-state index contributed by atoms with van der Waals surface area (Å²) in [6.45, 7) is 5.67. The van der Waals surface area contributed by atoms with Crippen LogP contribution in [0, 0.1) is 12.8 Å². The zero-order valence-electron chi connectivity index (χ0n) is 10.5. The van der Waals surface area contributed by atoms with Crippen molar-refractivity contribution in [2.45, 2.75) is 20.8 Å². The number of carbonyl (C=O) groups is 1. The number of ketones is 1. The SMILES string of the molecule is COc1cc(C(=O)C(C)C)cc(C)c1OC. The number of methoxy groups -OCH3 is 2. The summed E-state index contributed by atoms with van der Waals surface area (Å²) in [6.07, 6.45) is 0. The summed E-state index contributed by atoms with van der Waals surface area (Å²) in [4.78, 5) is 11.9. The van der Waals surface area contributed by atoms with Gasteiger partial charge in [-0.2, -0.15) is 0 Å². The highest BCUT2D eigenvalue weighted by Crippen LogP contribution is 2.32. The van der Waals surface area contributed by atoms with Gasteiger partial charge < -0.3 is 9.47 Å². The predicted octanol–water partition coefficient (Wildman–Crippen LogP) is 2.85. The Morgan fingerprint density at radius 3 is 2.25 bits per heavy atom. The lowest BCUT2D eigenvalue weighted by atomic mass is 9.99. The Morgan fingerprint density at radius 2 is 1.81 bits per heavy atom. The second kappa shape index (κ2) is 5.01. The van der Waals surface area contributed by atoms with Gasteiger partial charge in [0.1, 0.15) is 0 Å². The van der Waals surface area contributed by atoms with E-state index in [9.17, 15) is 4.79 Å². The van der Waals surface area contributed by atoms with Gasteiger partial charge in [0.2, 0.25) is 0 Å². The quantitative estimate of drug-likeness (QED) is 0.735. The molecule has 3 heteroatoms. The van der Waals surface area contributed by atoms with E-state index in [0.29, 0.717) is 17.1 Å². The number of hydrogen-bond donors (Lipinski definition) is 0. The van der Waals surface area contributed by atoms with Gasteiger partial charge in [0.25, 0.3) is 0 Å². The Bertz CT molecular complexity index is 394. The van der Waals surface area contributed by atoms with Crippen molar-refractivity contribution >= 4 is 5.78 Å². The molecule has 1 aromatic carbocycles. The average Bonchev–Trinajstić information content (AvgIpc) is 2.26. The van der Waals surface area contributed by atoms with Gasteiger partial charge in [0.15, 0.2) is 17.3 Å². The largest absolute Gasteiger partial charge is 0.493 e. The van der Waals surface area contributed by atoms with Crippen LogP contribution in [-0.4, -0.2) is 20.0 Å². The third kappa shape index (κ3) is 2.35. The fourth-order valence-electron chi connectivity index (χ4n) is 1.63. The zero-order chi connectivity index (χ0) is 12.3. The van der Waals surface area contributed by atoms with Crippen LogP contribution in [0.2, 0.25) is 0 Å². The molecule has 3 nitrogen and oxygen atoms in total. The van der Waals surface area contributed by atoms with E-state index in [1.54, 1.807) is 20.3 Å². The molecule has 0 N–H and O–H groups in total. The van der Waals surface area contributed by atoms with Gasteiger partial charge in [-0.05, 0) is 24.6 Å². The number of benzene rings is 1. The minimum Gasteiger partial charge on any atom is -0.493 e. The molecule has 0 radical (unpaired) electrons. The molecular weight excluding hydrogens is 204 g/mol. The van der Waals surface area contributed by atoms with Gasteiger partial charge in [-0.15, -0.1) is 0 Å². The number of carbonyl (C=O) groups excluding carboxylic acids is 1. The molecular formula is C13H18O3. The molecule has 0 saturated heterocycles. The second-order valence-electron chi connectivity index (χ2n) is 4.05. The lowest BCUT2D eigenvalue weighted by Gasteiger charge is -2.13. The van der Waals surface area contributed by atoms with Crippen molar-refractivity contribution in [3.8, 4) is 11.5 Å². The molecule has 16 heavy (non-hydrogen) atoms. The van der Waals surface area contributed by atoms with Crippen molar-refractivity contribution in [2.75, 3.05) is 14.2 Å². The van der Waals surface area contributed by atoms with E-state index in [2.05, 4.69) is 0 Å². The first-order chi connectivity index (χ1) is 7.51. The molecule has 0 heterocycles. The fraction of sp³-hybridized carbons (Fsp3) is 0.462. The van der Waals surface area contributed by atoms with Crippen LogP contribution in [0.3, 0.4) is 0 Å². The van der Waals surface area contributed by atoms with Crippen LogP contribution in [-0.2, 0) is 0 Å². The minimum absolute atomic E-state index is 0.0162. The molecule has 0 aliphatic heterocycles. The van der Waals surface area contributed by atoms with Crippen molar-refractivity contribution in [1.82, 2.24) is 0 Å². The average molecular weight is 222 g/mol. The predicted molar refractivity (Wildman–Crippen MR) is 63.5 cm³/mol. The van der Waals surface area contributed by atoms with E-state index in [-0.39, 0.29) is 11.7 Å². The molecule has 0 spiro atoms. The normalized spacial score (nSPS) is 10.4. The van der Waals surface area contributed by atoms with Crippen LogP contribution in [0.1, 0.15) is 29.8 Å². The number of rotatable bonds is 4. The number of hydrogen-bond acceptors (Lipinski definition) is 3. The number of ether oxygens (including phenoxy) is 2. The first-order valence-corrected chi connectivity index (χ1v) is 5.28. The molecule has 0 fully saturated rings. The number of Topliss-reactive ketones (excluding diaryl/α,β-unsaturated/α-hetero) is 1. The maximum atomic E-state index is 11.9. The van der Waals surface area contributed by atoms with E-state index in [1.807, 2.05) is 26.8 Å². The Balaban J connectivity index is 3.25. The van der Waals surface area contributed by atoms with Crippen molar-refractivity contribution in [3.05, 3.63) is 23.3 Å². The van der Waals surface area contributed by atoms with Gasteiger partial charge in [-0.1, -0.05) is 13.8 Å². The molecule has 1 aromatic rings. The maximum Gasteiger partial charge on any atom is 0.165 e. The van der Waals surface area contributed by atoms with Crippen LogP contribution in [0.4, 0.5) is 0 Å². The highest BCUT2D eigenvalue weighted by molar-refractivity contribution is 5.98. The highest BCUT2D eigenvalue weighted by atomic mass is 16.5. The standard InChI is InChI=1S/C13H18O3/c1-8(2)12(14)10-6-9(3)13(16-5)11(7-10)15-4/h6-8H,1-5H3. The van der Waals surface area contributed by atoms with Crippen LogP contribution in [0.5, 0.6) is 11.5 Å².